The van der Waals surface area contributed by atoms with Gasteiger partial charge in [-0.1, -0.05) is 6.07 Å². The fourth-order valence-electron chi connectivity index (χ4n) is 3.51. The lowest BCUT2D eigenvalue weighted by atomic mass is 10.1. The summed E-state index contributed by atoms with van der Waals surface area (Å²) in [5, 5.41) is 2.07. The van der Waals surface area contributed by atoms with Gasteiger partial charge in [-0.05, 0) is 48.6 Å². The number of carbonyl (C=O) groups excluding carboxylic acids is 1. The van der Waals surface area contributed by atoms with Crippen molar-refractivity contribution in [2.24, 2.45) is 0 Å². The molecule has 6 heteroatoms. The van der Waals surface area contributed by atoms with E-state index in [4.69, 9.17) is 9.15 Å². The number of rotatable bonds is 6. The predicted octanol–water partition coefficient (Wildman–Crippen LogP) is 4.71. The Morgan fingerprint density at radius 2 is 2.19 bits per heavy atom. The zero-order valence-electron chi connectivity index (χ0n) is 15.3. The van der Waals surface area contributed by atoms with Crippen LogP contribution in [0.2, 0.25) is 0 Å². The number of thiophene rings is 1. The molecule has 1 saturated heterocycles. The van der Waals surface area contributed by atoms with Crippen molar-refractivity contribution in [1.82, 2.24) is 9.88 Å². The summed E-state index contributed by atoms with van der Waals surface area (Å²) in [6.07, 6.45) is 4.76. The van der Waals surface area contributed by atoms with Crippen LogP contribution in [0.3, 0.4) is 0 Å². The Hall–Kier alpha value is -2.60. The molecule has 4 rings (SSSR count). The molecule has 1 aromatic carbocycles. The molecule has 27 heavy (non-hydrogen) atoms. The van der Waals surface area contributed by atoms with E-state index in [2.05, 4.69) is 22.5 Å². The Bertz CT molecular complexity index is 887. The maximum atomic E-state index is 12.7. The SMILES string of the molecule is COc1ccc(-c2cnc(CCC(=O)N3CCCC3c3cccs3)o2)cc1. The van der Waals surface area contributed by atoms with Crippen LogP contribution in [0, 0.1) is 0 Å². The highest BCUT2D eigenvalue weighted by molar-refractivity contribution is 7.10. The van der Waals surface area contributed by atoms with Gasteiger partial charge in [0.1, 0.15) is 5.75 Å². The van der Waals surface area contributed by atoms with Gasteiger partial charge >= 0.3 is 0 Å². The van der Waals surface area contributed by atoms with Gasteiger partial charge in [0.05, 0.1) is 19.3 Å². The van der Waals surface area contributed by atoms with E-state index in [1.165, 1.54) is 4.88 Å². The van der Waals surface area contributed by atoms with Gasteiger partial charge in [0.2, 0.25) is 5.91 Å². The fourth-order valence-corrected chi connectivity index (χ4v) is 4.39. The molecule has 3 heterocycles. The van der Waals surface area contributed by atoms with Crippen LogP contribution in [-0.2, 0) is 11.2 Å². The van der Waals surface area contributed by atoms with Gasteiger partial charge in [0.25, 0.3) is 0 Å². The first-order valence-corrected chi connectivity index (χ1v) is 10.0. The van der Waals surface area contributed by atoms with Gasteiger partial charge in [-0.25, -0.2) is 4.98 Å². The Labute approximate surface area is 162 Å². The molecule has 1 fully saturated rings. The molecule has 1 aliphatic heterocycles. The van der Waals surface area contributed by atoms with Crippen LogP contribution in [0.15, 0.2) is 52.4 Å². The van der Waals surface area contributed by atoms with Gasteiger partial charge in [-0.2, -0.15) is 0 Å². The number of oxazole rings is 1. The molecule has 3 aromatic rings. The van der Waals surface area contributed by atoms with Gasteiger partial charge in [0, 0.05) is 29.8 Å². The number of aromatic nitrogens is 1. The largest absolute Gasteiger partial charge is 0.497 e. The summed E-state index contributed by atoms with van der Waals surface area (Å²) in [7, 11) is 1.64. The van der Waals surface area contributed by atoms with Gasteiger partial charge in [-0.15, -0.1) is 11.3 Å². The zero-order chi connectivity index (χ0) is 18.6. The highest BCUT2D eigenvalue weighted by atomic mass is 32.1. The van der Waals surface area contributed by atoms with Crippen molar-refractivity contribution in [2.45, 2.75) is 31.7 Å². The number of nitrogens with zero attached hydrogens (tertiary/aromatic N) is 2. The topological polar surface area (TPSA) is 55.6 Å². The summed E-state index contributed by atoms with van der Waals surface area (Å²) in [5.74, 6) is 2.28. The molecule has 0 spiro atoms. The Balaban J connectivity index is 1.37. The Morgan fingerprint density at radius 3 is 2.93 bits per heavy atom. The van der Waals surface area contributed by atoms with Gasteiger partial charge in [0.15, 0.2) is 11.7 Å². The maximum Gasteiger partial charge on any atom is 0.223 e. The summed E-state index contributed by atoms with van der Waals surface area (Å²) in [6.45, 7) is 0.837. The normalized spacial score (nSPS) is 16.6. The highest BCUT2D eigenvalue weighted by Crippen LogP contribution is 2.35. The van der Waals surface area contributed by atoms with Crippen LogP contribution in [0.25, 0.3) is 11.3 Å². The second kappa shape index (κ2) is 7.96. The first kappa shape index (κ1) is 17.8. The second-order valence-electron chi connectivity index (χ2n) is 6.61. The van der Waals surface area contributed by atoms with Crippen molar-refractivity contribution in [2.75, 3.05) is 13.7 Å². The number of hydrogen-bond donors (Lipinski definition) is 0. The summed E-state index contributed by atoms with van der Waals surface area (Å²) >= 11 is 1.73. The van der Waals surface area contributed by atoms with Crippen molar-refractivity contribution >= 4 is 17.2 Å². The molecule has 140 valence electrons. The lowest BCUT2D eigenvalue weighted by molar-refractivity contribution is -0.132. The first-order chi connectivity index (χ1) is 13.2. The standard InChI is InChI=1S/C21H22N2O3S/c1-25-16-8-6-15(7-9-16)18-14-22-20(26-18)10-11-21(24)23-12-2-4-17(23)19-5-3-13-27-19/h3,5-9,13-14,17H,2,4,10-12H2,1H3. The van der Waals surface area contributed by atoms with Crippen molar-refractivity contribution in [3.63, 3.8) is 0 Å². The number of likely N-dealkylation sites (tertiary alicyclic amines) is 1. The minimum Gasteiger partial charge on any atom is -0.497 e. The molecular formula is C21H22N2O3S. The number of carbonyl (C=O) groups is 1. The van der Waals surface area contributed by atoms with E-state index in [0.29, 0.717) is 24.5 Å². The van der Waals surface area contributed by atoms with Crippen LogP contribution in [-0.4, -0.2) is 29.4 Å². The lowest BCUT2D eigenvalue weighted by Crippen LogP contribution is -2.30. The van der Waals surface area contributed by atoms with Crippen LogP contribution >= 0.6 is 11.3 Å². The molecule has 1 atom stereocenters. The maximum absolute atomic E-state index is 12.7. The quantitative estimate of drug-likeness (QED) is 0.620. The first-order valence-electron chi connectivity index (χ1n) is 9.16. The average molecular weight is 382 g/mol. The Morgan fingerprint density at radius 1 is 1.33 bits per heavy atom. The molecule has 1 amide bonds. The van der Waals surface area contributed by atoms with E-state index in [0.717, 1.165) is 30.7 Å². The third-order valence-electron chi connectivity index (χ3n) is 4.93. The van der Waals surface area contributed by atoms with Gasteiger partial charge in [-0.3, -0.25) is 4.79 Å². The molecule has 0 saturated carbocycles. The van der Waals surface area contributed by atoms with E-state index in [-0.39, 0.29) is 11.9 Å². The predicted molar refractivity (Wildman–Crippen MR) is 105 cm³/mol. The summed E-state index contributed by atoms with van der Waals surface area (Å²) in [5.41, 5.74) is 0.943. The van der Waals surface area contributed by atoms with Crippen molar-refractivity contribution in [3.8, 4) is 17.1 Å². The summed E-state index contributed by atoms with van der Waals surface area (Å²) in [6, 6.07) is 12.0. The minimum atomic E-state index is 0.176. The monoisotopic (exact) mass is 382 g/mol. The van der Waals surface area contributed by atoms with E-state index in [9.17, 15) is 4.79 Å². The molecule has 5 nitrogen and oxygen atoms in total. The smallest absolute Gasteiger partial charge is 0.223 e. The van der Waals surface area contributed by atoms with Crippen LogP contribution in [0.5, 0.6) is 5.75 Å². The number of aryl methyl sites for hydroxylation is 1. The number of hydrogen-bond acceptors (Lipinski definition) is 5. The fraction of sp³-hybridized carbons (Fsp3) is 0.333. The third-order valence-corrected chi connectivity index (χ3v) is 5.90. The Kier molecular flexibility index (Phi) is 5.25. The number of ether oxygens (including phenoxy) is 1. The number of methoxy groups -OCH3 is 1. The zero-order valence-corrected chi connectivity index (χ0v) is 16.1. The van der Waals surface area contributed by atoms with Crippen molar-refractivity contribution < 1.29 is 13.9 Å². The van der Waals surface area contributed by atoms with E-state index in [1.807, 2.05) is 29.2 Å². The molecule has 0 aliphatic carbocycles. The van der Waals surface area contributed by atoms with E-state index in [1.54, 1.807) is 24.6 Å². The second-order valence-corrected chi connectivity index (χ2v) is 7.59. The highest BCUT2D eigenvalue weighted by Gasteiger charge is 2.30. The van der Waals surface area contributed by atoms with Crippen molar-refractivity contribution in [1.29, 1.82) is 0 Å². The molecule has 1 unspecified atom stereocenters. The van der Waals surface area contributed by atoms with Crippen LogP contribution in [0.1, 0.15) is 36.1 Å². The summed E-state index contributed by atoms with van der Waals surface area (Å²) < 4.78 is 11.0. The molecule has 2 aromatic heterocycles. The molecule has 0 N–H and O–H groups in total. The van der Waals surface area contributed by atoms with Crippen molar-refractivity contribution in [3.05, 3.63) is 58.7 Å². The number of amides is 1. The molecule has 0 bridgehead atoms. The van der Waals surface area contributed by atoms with Crippen LogP contribution < -0.4 is 4.74 Å². The van der Waals surface area contributed by atoms with Crippen LogP contribution in [0.4, 0.5) is 0 Å². The van der Waals surface area contributed by atoms with E-state index >= 15 is 0 Å². The number of benzene rings is 1. The molecule has 1 aliphatic rings. The average Bonchev–Trinajstić information content (AvgIpc) is 3.47. The van der Waals surface area contributed by atoms with Gasteiger partial charge < -0.3 is 14.1 Å². The minimum absolute atomic E-state index is 0.176. The van der Waals surface area contributed by atoms with E-state index < -0.39 is 0 Å². The lowest BCUT2D eigenvalue weighted by Gasteiger charge is -2.23. The molecular weight excluding hydrogens is 360 g/mol. The summed E-state index contributed by atoms with van der Waals surface area (Å²) in [4.78, 5) is 20.3. The third kappa shape index (κ3) is 3.90. The molecule has 0 radical (unpaired) electrons.